The van der Waals surface area contributed by atoms with E-state index in [1.54, 1.807) is 32.9 Å². The molecule has 0 aromatic heterocycles. The Labute approximate surface area is 294 Å². The summed E-state index contributed by atoms with van der Waals surface area (Å²) in [6, 6.07) is 6.22. The van der Waals surface area contributed by atoms with E-state index in [9.17, 15) is 23.2 Å². The molecule has 0 saturated heterocycles. The number of benzene rings is 1. The Morgan fingerprint density at radius 1 is 0.918 bits per heavy atom. The standard InChI is InChI=1S/C36H60FNO9P2/c1-27(30-16-18-31(37)19-17-30)20-23-38(13)22-14-15-32(48(40,41)46-25-43-29(3)35(7,8)9)49(42,45-24-21-28(2)34(4,5)6)47-26-44-33(39)36(10,11)12/h16-20,32H,2-3,14-15,21-26H2,1,4-13H3,(H,40,41)/b27-20+. The maximum absolute atomic E-state index is 14.6. The SMILES string of the molecule is C=C(CCOP(=O)(OCOC(=O)C(C)(C)C)C(CCCN(C)C/C=C(\C)c1ccc(F)cc1)P(=O)(O)OCOC(=C)C(C)(C)C)C(C)(C)C. The van der Waals surface area contributed by atoms with E-state index >= 15 is 0 Å². The van der Waals surface area contributed by atoms with Crippen molar-refractivity contribution >= 4 is 26.7 Å². The quantitative estimate of drug-likeness (QED) is 0.0456. The van der Waals surface area contributed by atoms with E-state index in [0.29, 0.717) is 31.7 Å². The average molecular weight is 732 g/mol. The highest BCUT2D eigenvalue weighted by molar-refractivity contribution is 7.72. The Morgan fingerprint density at radius 2 is 1.49 bits per heavy atom. The number of nitrogens with zero attached hydrogens (tertiary/aromatic N) is 1. The maximum Gasteiger partial charge on any atom is 0.348 e. The zero-order valence-electron chi connectivity index (χ0n) is 31.5. The van der Waals surface area contributed by atoms with Gasteiger partial charge in [-0.1, -0.05) is 78.5 Å². The molecule has 0 aliphatic carbocycles. The number of rotatable bonds is 20. The maximum atomic E-state index is 14.6. The van der Waals surface area contributed by atoms with E-state index in [0.717, 1.165) is 16.7 Å². The van der Waals surface area contributed by atoms with E-state index in [-0.39, 0.29) is 24.3 Å². The second-order valence-electron chi connectivity index (χ2n) is 15.3. The van der Waals surface area contributed by atoms with Gasteiger partial charge in [0, 0.05) is 12.0 Å². The number of carbonyl (C=O) groups excluding carboxylic acids is 1. The number of hydrogen-bond acceptors (Lipinski definition) is 9. The fourth-order valence-corrected chi connectivity index (χ4v) is 8.36. The number of ether oxygens (including phenoxy) is 2. The minimum atomic E-state index is -4.76. The molecular weight excluding hydrogens is 671 g/mol. The zero-order chi connectivity index (χ0) is 37.8. The van der Waals surface area contributed by atoms with Crippen LogP contribution in [0.2, 0.25) is 0 Å². The van der Waals surface area contributed by atoms with Gasteiger partial charge in [-0.3, -0.25) is 23.0 Å². The van der Waals surface area contributed by atoms with E-state index < -0.39 is 51.0 Å². The molecular formula is C36H60FNO9P2. The molecule has 1 N–H and O–H groups in total. The first-order chi connectivity index (χ1) is 22.3. The number of carbonyl (C=O) groups is 1. The van der Waals surface area contributed by atoms with Crippen molar-refractivity contribution in [3.05, 3.63) is 66.2 Å². The molecule has 1 aromatic carbocycles. The van der Waals surface area contributed by atoms with Crippen molar-refractivity contribution in [1.82, 2.24) is 4.90 Å². The largest absolute Gasteiger partial charge is 0.471 e. The summed E-state index contributed by atoms with van der Waals surface area (Å²) < 4.78 is 69.4. The van der Waals surface area contributed by atoms with Crippen LogP contribution < -0.4 is 0 Å². The van der Waals surface area contributed by atoms with Crippen LogP contribution in [-0.2, 0) is 37.0 Å². The highest BCUT2D eigenvalue weighted by Crippen LogP contribution is 2.69. The van der Waals surface area contributed by atoms with Gasteiger partial charge in [-0.2, -0.15) is 0 Å². The average Bonchev–Trinajstić information content (AvgIpc) is 2.96. The molecule has 13 heteroatoms. The van der Waals surface area contributed by atoms with Gasteiger partial charge in [-0.15, -0.1) is 0 Å². The Hall–Kier alpha value is -2.10. The van der Waals surface area contributed by atoms with Gasteiger partial charge in [-0.05, 0) is 89.2 Å². The van der Waals surface area contributed by atoms with E-state index in [4.69, 9.17) is 23.0 Å². The molecule has 0 amide bonds. The van der Waals surface area contributed by atoms with Crippen LogP contribution in [0.25, 0.3) is 5.57 Å². The van der Waals surface area contributed by atoms with Gasteiger partial charge in [0.1, 0.15) is 5.82 Å². The lowest BCUT2D eigenvalue weighted by Gasteiger charge is -2.31. The highest BCUT2D eigenvalue weighted by atomic mass is 31.2. The summed E-state index contributed by atoms with van der Waals surface area (Å²) in [4.78, 5) is 25.7. The predicted octanol–water partition coefficient (Wildman–Crippen LogP) is 9.77. The van der Waals surface area contributed by atoms with Crippen LogP contribution in [0.5, 0.6) is 0 Å². The van der Waals surface area contributed by atoms with Gasteiger partial charge < -0.3 is 23.8 Å². The van der Waals surface area contributed by atoms with Crippen LogP contribution in [0.1, 0.15) is 94.1 Å². The molecule has 0 radical (unpaired) electrons. The van der Waals surface area contributed by atoms with Crippen molar-refractivity contribution in [3.63, 3.8) is 0 Å². The fourth-order valence-electron chi connectivity index (χ4n) is 3.98. The van der Waals surface area contributed by atoms with Gasteiger partial charge >= 0.3 is 21.2 Å². The first-order valence-corrected chi connectivity index (χ1v) is 19.7. The number of hydrogen-bond donors (Lipinski definition) is 1. The third-order valence-electron chi connectivity index (χ3n) is 7.83. The summed E-state index contributed by atoms with van der Waals surface area (Å²) in [6.07, 6.45) is 2.51. The van der Waals surface area contributed by atoms with Crippen LogP contribution >= 0.6 is 15.2 Å². The molecule has 10 nitrogen and oxygen atoms in total. The minimum Gasteiger partial charge on any atom is -0.471 e. The van der Waals surface area contributed by atoms with Crippen LogP contribution in [0.3, 0.4) is 0 Å². The Kier molecular flexibility index (Phi) is 17.4. The van der Waals surface area contributed by atoms with Gasteiger partial charge in [0.05, 0.1) is 17.8 Å². The summed E-state index contributed by atoms with van der Waals surface area (Å²) in [7, 11) is -7.38. The number of likely N-dealkylation sites (N-methyl/N-ethyl adjacent to an activating group) is 1. The van der Waals surface area contributed by atoms with Crippen molar-refractivity contribution in [1.29, 1.82) is 0 Å². The van der Waals surface area contributed by atoms with Crippen LogP contribution in [0.4, 0.5) is 4.39 Å². The van der Waals surface area contributed by atoms with Crippen molar-refractivity contribution < 1.29 is 46.3 Å². The van der Waals surface area contributed by atoms with Gasteiger partial charge in [0.15, 0.2) is 12.2 Å². The molecule has 1 rings (SSSR count). The van der Waals surface area contributed by atoms with E-state index in [2.05, 4.69) is 13.2 Å². The molecule has 3 unspecified atom stereocenters. The monoisotopic (exact) mass is 731 g/mol. The molecule has 0 fully saturated rings. The minimum absolute atomic E-state index is 0.0935. The van der Waals surface area contributed by atoms with Crippen molar-refractivity contribution in [2.75, 3.05) is 40.3 Å². The number of allylic oxidation sites excluding steroid dienone is 2. The topological polar surface area (TPSA) is 121 Å². The molecule has 0 aliphatic rings. The second kappa shape index (κ2) is 18.9. The molecule has 49 heavy (non-hydrogen) atoms. The second-order valence-corrected chi connectivity index (χ2v) is 19.9. The van der Waals surface area contributed by atoms with Gasteiger partial charge in [0.2, 0.25) is 6.79 Å². The lowest BCUT2D eigenvalue weighted by Crippen LogP contribution is -2.25. The fraction of sp³-hybridized carbons (Fsp3) is 0.639. The van der Waals surface area contributed by atoms with Crippen molar-refractivity contribution in [2.45, 2.75) is 93.9 Å². The highest BCUT2D eigenvalue weighted by Gasteiger charge is 2.49. The molecule has 3 atom stereocenters. The smallest absolute Gasteiger partial charge is 0.348 e. The van der Waals surface area contributed by atoms with E-state index in [1.807, 2.05) is 66.5 Å². The summed E-state index contributed by atoms with van der Waals surface area (Å²) in [5, 5.41) is -1.63. The molecule has 280 valence electrons. The third kappa shape index (κ3) is 16.2. The van der Waals surface area contributed by atoms with Crippen molar-refractivity contribution in [3.8, 4) is 0 Å². The molecule has 0 saturated carbocycles. The van der Waals surface area contributed by atoms with E-state index in [1.165, 1.54) is 12.1 Å². The first kappa shape index (κ1) is 44.9. The normalized spacial score (nSPS) is 16.1. The Balaban J connectivity index is 3.28. The Bertz CT molecular complexity index is 1340. The lowest BCUT2D eigenvalue weighted by atomic mass is 9.86. The first-order valence-electron chi connectivity index (χ1n) is 16.4. The third-order valence-corrected chi connectivity index (χ3v) is 13.0. The molecule has 0 heterocycles. The molecule has 0 spiro atoms. The molecule has 0 bridgehead atoms. The predicted molar refractivity (Wildman–Crippen MR) is 194 cm³/mol. The number of halogens is 1. The molecule has 1 aromatic rings. The van der Waals surface area contributed by atoms with Crippen molar-refractivity contribution in [2.24, 2.45) is 16.2 Å². The van der Waals surface area contributed by atoms with Crippen LogP contribution in [0, 0.1) is 22.1 Å². The summed E-state index contributed by atoms with van der Waals surface area (Å²) in [6.45, 7) is 25.9. The van der Waals surface area contributed by atoms with Crippen LogP contribution in [-0.4, -0.2) is 61.5 Å². The zero-order valence-corrected chi connectivity index (χ0v) is 33.3. The summed E-state index contributed by atoms with van der Waals surface area (Å²) >= 11 is 0. The summed E-state index contributed by atoms with van der Waals surface area (Å²) in [5.74, 6) is -0.587. The van der Waals surface area contributed by atoms with Gasteiger partial charge in [0.25, 0.3) is 0 Å². The van der Waals surface area contributed by atoms with Crippen LogP contribution in [0.15, 0.2) is 54.8 Å². The summed E-state index contributed by atoms with van der Waals surface area (Å²) in [5.41, 5.74) is 1.09. The van der Waals surface area contributed by atoms with Gasteiger partial charge in [-0.25, -0.2) is 4.39 Å². The molecule has 0 aliphatic heterocycles. The Morgan fingerprint density at radius 3 is 2.02 bits per heavy atom. The number of esters is 1. The lowest BCUT2D eigenvalue weighted by molar-refractivity contribution is -0.160.